The van der Waals surface area contributed by atoms with Crippen LogP contribution in [0.1, 0.15) is 0 Å². The van der Waals surface area contributed by atoms with Gasteiger partial charge in [0.15, 0.2) is 5.15 Å². The molecule has 0 amide bonds. The number of benzene rings is 1. The lowest BCUT2D eigenvalue weighted by Crippen LogP contribution is -2.29. The number of halogens is 2. The first kappa shape index (κ1) is 13.1. The van der Waals surface area contributed by atoms with Gasteiger partial charge in [0, 0.05) is 11.1 Å². The van der Waals surface area contributed by atoms with Crippen LogP contribution >= 0.6 is 23.2 Å². The van der Waals surface area contributed by atoms with Crippen LogP contribution < -0.4 is 5.56 Å². The molecule has 0 N–H and O–H groups in total. The molecule has 0 unspecified atom stereocenters. The summed E-state index contributed by atoms with van der Waals surface area (Å²) in [5.41, 5.74) is -0.783. The molecule has 0 atom stereocenters. The van der Waals surface area contributed by atoms with Crippen molar-refractivity contribution < 1.29 is 8.42 Å². The van der Waals surface area contributed by atoms with Gasteiger partial charge in [-0.15, -0.1) is 9.19 Å². The Morgan fingerprint density at radius 1 is 1.00 bits per heavy atom. The molecule has 0 spiro atoms. The Kier molecular flexibility index (Phi) is 3.43. The molecule has 5 nitrogen and oxygen atoms in total. The van der Waals surface area contributed by atoms with Gasteiger partial charge in [-0.05, 0) is 30.3 Å². The standard InChI is InChI=1S/C10H6Cl2N2O3S/c11-7-1-3-8(4-2-7)18(16,17)14-10(15)6-5-9(12)13-14/h1-6H. The molecule has 0 fully saturated rings. The van der Waals surface area contributed by atoms with E-state index in [9.17, 15) is 13.2 Å². The van der Waals surface area contributed by atoms with E-state index in [0.29, 0.717) is 9.11 Å². The Bertz CT molecular complexity index is 738. The highest BCUT2D eigenvalue weighted by Gasteiger charge is 2.19. The molecule has 2 rings (SSSR count). The van der Waals surface area contributed by atoms with E-state index in [0.717, 1.165) is 6.07 Å². The number of aromatic nitrogens is 2. The lowest BCUT2D eigenvalue weighted by molar-refractivity contribution is 0.575. The summed E-state index contributed by atoms with van der Waals surface area (Å²) >= 11 is 11.2. The predicted molar refractivity (Wildman–Crippen MR) is 67.5 cm³/mol. The fourth-order valence-corrected chi connectivity index (χ4v) is 2.73. The molecule has 1 aromatic heterocycles. The van der Waals surface area contributed by atoms with Crippen LogP contribution in [0.3, 0.4) is 0 Å². The van der Waals surface area contributed by atoms with Crippen molar-refractivity contribution in [1.29, 1.82) is 0 Å². The molecule has 0 aliphatic carbocycles. The fraction of sp³-hybridized carbons (Fsp3) is 0. The third-order valence-electron chi connectivity index (χ3n) is 2.08. The van der Waals surface area contributed by atoms with E-state index in [1.54, 1.807) is 0 Å². The van der Waals surface area contributed by atoms with Crippen LogP contribution in [0.2, 0.25) is 10.2 Å². The molecule has 0 aliphatic heterocycles. The van der Waals surface area contributed by atoms with Crippen molar-refractivity contribution in [1.82, 2.24) is 9.19 Å². The second-order valence-corrected chi connectivity index (χ2v) is 5.89. The number of hydrogen-bond donors (Lipinski definition) is 0. The van der Waals surface area contributed by atoms with E-state index >= 15 is 0 Å². The summed E-state index contributed by atoms with van der Waals surface area (Å²) < 4.78 is 24.6. The van der Waals surface area contributed by atoms with Crippen molar-refractivity contribution in [2.45, 2.75) is 4.90 Å². The maximum Gasteiger partial charge on any atom is 0.286 e. The Morgan fingerprint density at radius 3 is 2.22 bits per heavy atom. The van der Waals surface area contributed by atoms with Crippen LogP contribution in [0.15, 0.2) is 46.1 Å². The molecule has 0 saturated carbocycles. The summed E-state index contributed by atoms with van der Waals surface area (Å²) in [6, 6.07) is 7.63. The van der Waals surface area contributed by atoms with E-state index in [2.05, 4.69) is 5.10 Å². The van der Waals surface area contributed by atoms with Crippen LogP contribution in [-0.2, 0) is 10.0 Å². The van der Waals surface area contributed by atoms with E-state index in [1.165, 1.54) is 30.3 Å². The minimum atomic E-state index is -4.06. The van der Waals surface area contributed by atoms with Crippen LogP contribution in [0.4, 0.5) is 0 Å². The number of rotatable bonds is 2. The van der Waals surface area contributed by atoms with E-state index in [4.69, 9.17) is 23.2 Å². The molecule has 0 aliphatic rings. The van der Waals surface area contributed by atoms with E-state index in [1.807, 2.05) is 0 Å². The van der Waals surface area contributed by atoms with Gasteiger partial charge in [-0.2, -0.15) is 8.42 Å². The molecule has 8 heteroatoms. The minimum Gasteiger partial charge on any atom is -0.267 e. The average Bonchev–Trinajstić information content (AvgIpc) is 2.32. The summed E-state index contributed by atoms with van der Waals surface area (Å²) in [6.07, 6.45) is 0. The van der Waals surface area contributed by atoms with Gasteiger partial charge in [-0.1, -0.05) is 23.2 Å². The Hall–Kier alpha value is -1.37. The largest absolute Gasteiger partial charge is 0.286 e. The number of hydrogen-bond acceptors (Lipinski definition) is 4. The average molecular weight is 305 g/mol. The van der Waals surface area contributed by atoms with Gasteiger partial charge >= 0.3 is 0 Å². The monoisotopic (exact) mass is 304 g/mol. The van der Waals surface area contributed by atoms with Gasteiger partial charge in [0.05, 0.1) is 4.90 Å². The summed E-state index contributed by atoms with van der Waals surface area (Å²) in [7, 11) is -4.06. The second-order valence-electron chi connectivity index (χ2n) is 3.30. The Morgan fingerprint density at radius 2 is 1.61 bits per heavy atom. The first-order valence-electron chi connectivity index (χ1n) is 4.68. The third kappa shape index (κ3) is 2.40. The van der Waals surface area contributed by atoms with Gasteiger partial charge in [0.25, 0.3) is 15.6 Å². The van der Waals surface area contributed by atoms with Crippen LogP contribution in [-0.4, -0.2) is 17.6 Å². The maximum absolute atomic E-state index is 12.1. The quantitative estimate of drug-likeness (QED) is 0.848. The zero-order valence-corrected chi connectivity index (χ0v) is 11.1. The van der Waals surface area contributed by atoms with Crippen molar-refractivity contribution in [3.63, 3.8) is 0 Å². The highest BCUT2D eigenvalue weighted by molar-refractivity contribution is 7.89. The summed E-state index contributed by atoms with van der Waals surface area (Å²) in [6.45, 7) is 0. The molecule has 1 aromatic carbocycles. The predicted octanol–water partition coefficient (Wildman–Crippen LogP) is 1.79. The lowest BCUT2D eigenvalue weighted by Gasteiger charge is -2.06. The van der Waals surface area contributed by atoms with Crippen molar-refractivity contribution >= 4 is 33.2 Å². The van der Waals surface area contributed by atoms with Gasteiger partial charge in [-0.25, -0.2) is 0 Å². The number of nitrogens with zero attached hydrogens (tertiary/aromatic N) is 2. The van der Waals surface area contributed by atoms with Crippen LogP contribution in [0, 0.1) is 0 Å². The molecule has 1 heterocycles. The molecule has 0 saturated heterocycles. The molecule has 0 bridgehead atoms. The smallest absolute Gasteiger partial charge is 0.267 e. The van der Waals surface area contributed by atoms with Crippen molar-refractivity contribution in [3.8, 4) is 0 Å². The molecular formula is C10H6Cl2N2O3S. The first-order chi connectivity index (χ1) is 8.41. The zero-order valence-electron chi connectivity index (χ0n) is 8.75. The van der Waals surface area contributed by atoms with Crippen molar-refractivity contribution in [2.75, 3.05) is 0 Å². The van der Waals surface area contributed by atoms with E-state index < -0.39 is 15.6 Å². The summed E-state index contributed by atoms with van der Waals surface area (Å²) in [5, 5.41) is 3.79. The summed E-state index contributed by atoms with van der Waals surface area (Å²) in [5.74, 6) is 0. The minimum absolute atomic E-state index is 0.0906. The highest BCUT2D eigenvalue weighted by Crippen LogP contribution is 2.15. The third-order valence-corrected chi connectivity index (χ3v) is 4.12. The van der Waals surface area contributed by atoms with Gasteiger partial charge in [0.2, 0.25) is 0 Å². The maximum atomic E-state index is 12.1. The molecule has 94 valence electrons. The molecular weight excluding hydrogens is 299 g/mol. The highest BCUT2D eigenvalue weighted by atomic mass is 35.5. The Labute approximate surface area is 113 Å². The lowest BCUT2D eigenvalue weighted by atomic mass is 10.4. The second kappa shape index (κ2) is 4.72. The normalized spacial score (nSPS) is 11.4. The molecule has 2 aromatic rings. The topological polar surface area (TPSA) is 69.0 Å². The zero-order chi connectivity index (χ0) is 13.3. The van der Waals surface area contributed by atoms with Gasteiger partial charge < -0.3 is 0 Å². The Balaban J connectivity index is 2.65. The molecule has 0 radical (unpaired) electrons. The first-order valence-corrected chi connectivity index (χ1v) is 6.88. The SMILES string of the molecule is O=c1ccc(Cl)nn1S(=O)(=O)c1ccc(Cl)cc1. The van der Waals surface area contributed by atoms with Crippen molar-refractivity contribution in [3.05, 3.63) is 56.9 Å². The summed E-state index contributed by atoms with van der Waals surface area (Å²) in [4.78, 5) is 11.4. The van der Waals surface area contributed by atoms with Gasteiger partial charge in [-0.3, -0.25) is 4.79 Å². The van der Waals surface area contributed by atoms with Crippen molar-refractivity contribution in [2.24, 2.45) is 0 Å². The molecule has 18 heavy (non-hydrogen) atoms. The van der Waals surface area contributed by atoms with Crippen LogP contribution in [0.5, 0.6) is 0 Å². The van der Waals surface area contributed by atoms with Crippen LogP contribution in [0.25, 0.3) is 0 Å². The van der Waals surface area contributed by atoms with Gasteiger partial charge in [0.1, 0.15) is 0 Å². The fourth-order valence-electron chi connectivity index (χ4n) is 1.25. The van der Waals surface area contributed by atoms with E-state index in [-0.39, 0.29) is 10.0 Å².